The maximum absolute atomic E-state index is 12.5. The van der Waals surface area contributed by atoms with Crippen molar-refractivity contribution in [3.05, 3.63) is 12.2 Å². The van der Waals surface area contributed by atoms with Gasteiger partial charge in [0.2, 0.25) is 0 Å². The molecule has 1 heterocycles. The molecule has 0 radical (unpaired) electrons. The largest absolute Gasteiger partial charge is 0.373 e. The third-order valence-corrected chi connectivity index (χ3v) is 4.11. The molecule has 0 N–H and O–H groups in total. The van der Waals surface area contributed by atoms with Crippen molar-refractivity contribution in [3.63, 3.8) is 0 Å². The molecule has 5 nitrogen and oxygen atoms in total. The van der Waals surface area contributed by atoms with Gasteiger partial charge in [-0.2, -0.15) is 5.10 Å². The van der Waals surface area contributed by atoms with Crippen LogP contribution in [0.4, 0.5) is 0 Å². The Labute approximate surface area is 120 Å². The molecule has 0 aromatic carbocycles. The zero-order valence-corrected chi connectivity index (χ0v) is 12.5. The second kappa shape index (κ2) is 7.53. The number of aryl methyl sites for hydroxylation is 1. The molecule has 0 amide bonds. The minimum Gasteiger partial charge on any atom is -0.373 e. The Balaban J connectivity index is 1.99. The second-order valence-corrected chi connectivity index (χ2v) is 5.60. The summed E-state index contributed by atoms with van der Waals surface area (Å²) in [6, 6.07) is 0. The number of hydrogen-bond donors (Lipinski definition) is 0. The van der Waals surface area contributed by atoms with E-state index < -0.39 is 0 Å². The summed E-state index contributed by atoms with van der Waals surface area (Å²) in [7, 11) is 1.65. The number of ketones is 1. The van der Waals surface area contributed by atoms with Gasteiger partial charge in [-0.3, -0.25) is 4.79 Å². The third kappa shape index (κ3) is 3.66. The normalized spacial score (nSPS) is 18.1. The van der Waals surface area contributed by atoms with Crippen LogP contribution in [0.1, 0.15) is 51.3 Å². The molecule has 1 fully saturated rings. The second-order valence-electron chi connectivity index (χ2n) is 5.60. The van der Waals surface area contributed by atoms with Crippen LogP contribution in [0.5, 0.6) is 0 Å². The van der Waals surface area contributed by atoms with Crippen LogP contribution in [0.2, 0.25) is 0 Å². The number of ether oxygens (including phenoxy) is 1. The quantitative estimate of drug-likeness (QED) is 0.769. The van der Waals surface area contributed by atoms with Gasteiger partial charge in [0.05, 0.1) is 6.42 Å². The summed E-state index contributed by atoms with van der Waals surface area (Å²) in [6.07, 6.45) is 8.48. The van der Waals surface area contributed by atoms with Gasteiger partial charge >= 0.3 is 0 Å². The lowest BCUT2D eigenvalue weighted by Gasteiger charge is -2.28. The van der Waals surface area contributed by atoms with E-state index in [2.05, 4.69) is 17.0 Å². The van der Waals surface area contributed by atoms with Crippen molar-refractivity contribution in [1.29, 1.82) is 0 Å². The van der Waals surface area contributed by atoms with Gasteiger partial charge < -0.3 is 4.74 Å². The molecule has 0 spiro atoms. The number of methoxy groups -OCH3 is 1. The highest BCUT2D eigenvalue weighted by atomic mass is 16.5. The van der Waals surface area contributed by atoms with E-state index in [1.807, 2.05) is 4.68 Å². The van der Waals surface area contributed by atoms with Gasteiger partial charge in [-0.25, -0.2) is 9.67 Å². The highest BCUT2D eigenvalue weighted by Gasteiger charge is 2.30. The summed E-state index contributed by atoms with van der Waals surface area (Å²) in [4.78, 5) is 16.7. The van der Waals surface area contributed by atoms with Crippen molar-refractivity contribution in [1.82, 2.24) is 14.8 Å². The smallest absolute Gasteiger partial charge is 0.169 e. The number of nitrogens with zero attached hydrogens (tertiary/aromatic N) is 3. The summed E-state index contributed by atoms with van der Waals surface area (Å²) in [5.41, 5.74) is 0. The Kier molecular flexibility index (Phi) is 5.71. The SMILES string of the molecule is CCCn1ncnc1CC(=O)C(OC)C1CCCCC1. The van der Waals surface area contributed by atoms with E-state index in [0.29, 0.717) is 12.3 Å². The summed E-state index contributed by atoms with van der Waals surface area (Å²) in [5.74, 6) is 1.28. The molecular formula is C15H25N3O2. The van der Waals surface area contributed by atoms with Crippen LogP contribution >= 0.6 is 0 Å². The van der Waals surface area contributed by atoms with Gasteiger partial charge in [0, 0.05) is 13.7 Å². The van der Waals surface area contributed by atoms with Crippen LogP contribution in [0.3, 0.4) is 0 Å². The van der Waals surface area contributed by atoms with E-state index in [1.165, 1.54) is 25.6 Å². The van der Waals surface area contributed by atoms with Gasteiger partial charge in [0.1, 0.15) is 18.3 Å². The van der Waals surface area contributed by atoms with Crippen molar-refractivity contribution in [2.45, 2.75) is 64.5 Å². The number of Topliss-reactive ketones (excluding diaryl/α,β-unsaturated/α-hetero) is 1. The molecule has 2 rings (SSSR count). The summed E-state index contributed by atoms with van der Waals surface area (Å²) >= 11 is 0. The molecule has 1 aromatic rings. The first kappa shape index (κ1) is 15.2. The van der Waals surface area contributed by atoms with Crippen molar-refractivity contribution in [2.24, 2.45) is 5.92 Å². The Morgan fingerprint density at radius 2 is 2.20 bits per heavy atom. The van der Waals surface area contributed by atoms with Crippen LogP contribution in [-0.4, -0.2) is 33.8 Å². The minimum atomic E-state index is -0.276. The molecule has 1 saturated carbocycles. The molecular weight excluding hydrogens is 254 g/mol. The Hall–Kier alpha value is -1.23. The highest BCUT2D eigenvalue weighted by Crippen LogP contribution is 2.28. The standard InChI is InChI=1S/C15H25N3O2/c1-3-9-18-14(16-11-17-18)10-13(19)15(20-2)12-7-5-4-6-8-12/h11-12,15H,3-10H2,1-2H3. The van der Waals surface area contributed by atoms with Crippen LogP contribution in [0.15, 0.2) is 6.33 Å². The fourth-order valence-corrected chi connectivity index (χ4v) is 3.10. The molecule has 0 aliphatic heterocycles. The molecule has 1 aromatic heterocycles. The highest BCUT2D eigenvalue weighted by molar-refractivity contribution is 5.84. The Bertz CT molecular complexity index is 425. The topological polar surface area (TPSA) is 57.0 Å². The van der Waals surface area contributed by atoms with Crippen LogP contribution in [0.25, 0.3) is 0 Å². The first-order valence-corrected chi connectivity index (χ1v) is 7.68. The van der Waals surface area contributed by atoms with E-state index in [9.17, 15) is 4.79 Å². The molecule has 1 unspecified atom stereocenters. The van der Waals surface area contributed by atoms with E-state index in [0.717, 1.165) is 31.6 Å². The lowest BCUT2D eigenvalue weighted by Crippen LogP contribution is -2.34. The number of hydrogen-bond acceptors (Lipinski definition) is 4. The van der Waals surface area contributed by atoms with Gasteiger partial charge in [0.25, 0.3) is 0 Å². The van der Waals surface area contributed by atoms with Crippen molar-refractivity contribution < 1.29 is 9.53 Å². The van der Waals surface area contributed by atoms with E-state index in [1.54, 1.807) is 7.11 Å². The van der Waals surface area contributed by atoms with Gasteiger partial charge in [-0.15, -0.1) is 0 Å². The average molecular weight is 279 g/mol. The molecule has 112 valence electrons. The van der Waals surface area contributed by atoms with Crippen molar-refractivity contribution in [3.8, 4) is 0 Å². The first-order chi connectivity index (χ1) is 9.76. The fourth-order valence-electron chi connectivity index (χ4n) is 3.10. The van der Waals surface area contributed by atoms with Crippen LogP contribution in [-0.2, 0) is 22.5 Å². The maximum Gasteiger partial charge on any atom is 0.169 e. The van der Waals surface area contributed by atoms with Crippen LogP contribution in [0, 0.1) is 5.92 Å². The summed E-state index contributed by atoms with van der Waals surface area (Å²) < 4.78 is 7.32. The summed E-state index contributed by atoms with van der Waals surface area (Å²) in [6.45, 7) is 2.90. The molecule has 0 saturated heterocycles. The van der Waals surface area contributed by atoms with Crippen molar-refractivity contribution >= 4 is 5.78 Å². The zero-order chi connectivity index (χ0) is 14.4. The zero-order valence-electron chi connectivity index (χ0n) is 12.5. The maximum atomic E-state index is 12.5. The molecule has 20 heavy (non-hydrogen) atoms. The number of aromatic nitrogens is 3. The predicted molar refractivity (Wildman–Crippen MR) is 76.4 cm³/mol. The number of carbonyl (C=O) groups is 1. The average Bonchev–Trinajstić information content (AvgIpc) is 2.88. The lowest BCUT2D eigenvalue weighted by molar-refractivity contribution is -0.132. The molecule has 1 aliphatic carbocycles. The predicted octanol–water partition coefficient (Wildman–Crippen LogP) is 2.40. The summed E-state index contributed by atoms with van der Waals surface area (Å²) in [5, 5.41) is 4.17. The molecule has 1 atom stereocenters. The van der Waals surface area contributed by atoms with E-state index in [-0.39, 0.29) is 11.9 Å². The fraction of sp³-hybridized carbons (Fsp3) is 0.800. The third-order valence-electron chi connectivity index (χ3n) is 4.11. The van der Waals surface area contributed by atoms with Crippen molar-refractivity contribution in [2.75, 3.05) is 7.11 Å². The Morgan fingerprint density at radius 3 is 2.85 bits per heavy atom. The Morgan fingerprint density at radius 1 is 1.45 bits per heavy atom. The van der Waals surface area contributed by atoms with Gasteiger partial charge in [0.15, 0.2) is 5.78 Å². The van der Waals surface area contributed by atoms with E-state index >= 15 is 0 Å². The minimum absolute atomic E-state index is 0.143. The number of rotatable bonds is 7. The molecule has 5 heteroatoms. The van der Waals surface area contributed by atoms with Gasteiger partial charge in [-0.1, -0.05) is 26.2 Å². The lowest BCUT2D eigenvalue weighted by atomic mass is 9.83. The van der Waals surface area contributed by atoms with Gasteiger partial charge in [-0.05, 0) is 25.2 Å². The monoisotopic (exact) mass is 279 g/mol. The molecule has 0 bridgehead atoms. The van der Waals surface area contributed by atoms with Crippen LogP contribution < -0.4 is 0 Å². The number of carbonyl (C=O) groups excluding carboxylic acids is 1. The first-order valence-electron chi connectivity index (χ1n) is 7.68. The van der Waals surface area contributed by atoms with E-state index in [4.69, 9.17) is 4.74 Å². The molecule has 1 aliphatic rings.